The van der Waals surface area contributed by atoms with Crippen LogP contribution < -0.4 is 10.1 Å². The van der Waals surface area contributed by atoms with E-state index < -0.39 is 0 Å². The van der Waals surface area contributed by atoms with Crippen molar-refractivity contribution >= 4 is 11.7 Å². The first-order valence-electron chi connectivity index (χ1n) is 11.3. The van der Waals surface area contributed by atoms with E-state index in [0.717, 1.165) is 28.1 Å². The molecule has 0 aliphatic carbocycles. The summed E-state index contributed by atoms with van der Waals surface area (Å²) in [6, 6.07) is 15.9. The summed E-state index contributed by atoms with van der Waals surface area (Å²) in [4.78, 5) is 17.5. The zero-order valence-electron chi connectivity index (χ0n) is 19.6. The van der Waals surface area contributed by atoms with Crippen LogP contribution in [-0.2, 0) is 4.79 Å². The summed E-state index contributed by atoms with van der Waals surface area (Å²) >= 11 is 0. The Balaban J connectivity index is 1.60. The molecular formula is C26H26N6O2. The quantitative estimate of drug-likeness (QED) is 0.473. The normalized spacial score (nSPS) is 15.2. The lowest BCUT2D eigenvalue weighted by Gasteiger charge is -2.26. The molecule has 0 spiro atoms. The van der Waals surface area contributed by atoms with Crippen molar-refractivity contribution in [1.82, 2.24) is 25.0 Å². The van der Waals surface area contributed by atoms with Gasteiger partial charge in [-0.1, -0.05) is 48.0 Å². The Labute approximate surface area is 198 Å². The summed E-state index contributed by atoms with van der Waals surface area (Å²) in [5, 5.41) is 16.1. The number of hydrogen-bond acceptors (Lipinski definition) is 6. The van der Waals surface area contributed by atoms with Gasteiger partial charge in [0, 0.05) is 29.0 Å². The van der Waals surface area contributed by atoms with Crippen LogP contribution in [-0.4, -0.2) is 37.0 Å². The Bertz CT molecular complexity index is 1360. The molecule has 2 aromatic heterocycles. The second-order valence-electron chi connectivity index (χ2n) is 8.78. The maximum Gasteiger partial charge on any atom is 0.272 e. The van der Waals surface area contributed by atoms with Gasteiger partial charge in [0.2, 0.25) is 5.91 Å². The molecule has 1 N–H and O–H groups in total. The van der Waals surface area contributed by atoms with Gasteiger partial charge in [-0.3, -0.25) is 4.79 Å². The van der Waals surface area contributed by atoms with Crippen molar-refractivity contribution in [1.29, 1.82) is 0 Å². The zero-order chi connectivity index (χ0) is 23.8. The van der Waals surface area contributed by atoms with Crippen LogP contribution in [0.15, 0.2) is 54.7 Å². The fourth-order valence-corrected chi connectivity index (χ4v) is 4.33. The van der Waals surface area contributed by atoms with Crippen molar-refractivity contribution in [3.8, 4) is 23.0 Å². The lowest BCUT2D eigenvalue weighted by Crippen LogP contribution is -2.25. The second kappa shape index (κ2) is 8.70. The molecule has 0 bridgehead atoms. The van der Waals surface area contributed by atoms with Gasteiger partial charge in [-0.05, 0) is 33.8 Å². The maximum absolute atomic E-state index is 12.8. The highest BCUT2D eigenvalue weighted by atomic mass is 16.5. The zero-order valence-corrected chi connectivity index (χ0v) is 19.6. The molecule has 3 heterocycles. The highest BCUT2D eigenvalue weighted by Gasteiger charge is 2.34. The fourth-order valence-electron chi connectivity index (χ4n) is 4.33. The highest BCUT2D eigenvalue weighted by Crippen LogP contribution is 2.43. The number of ether oxygens (including phenoxy) is 1. The number of hydrogen-bond donors (Lipinski definition) is 1. The van der Waals surface area contributed by atoms with Crippen molar-refractivity contribution in [2.24, 2.45) is 0 Å². The molecular weight excluding hydrogens is 428 g/mol. The van der Waals surface area contributed by atoms with Crippen molar-refractivity contribution in [3.05, 3.63) is 77.1 Å². The van der Waals surface area contributed by atoms with Crippen LogP contribution in [0.25, 0.3) is 17.2 Å². The number of carbonyl (C=O) groups is 1. The van der Waals surface area contributed by atoms with Gasteiger partial charge >= 0.3 is 0 Å². The number of nitrogens with one attached hydrogen (secondary N) is 1. The molecule has 0 radical (unpaired) electrons. The number of benzene rings is 2. The predicted octanol–water partition coefficient (Wildman–Crippen LogP) is 4.60. The Morgan fingerprint density at radius 3 is 2.62 bits per heavy atom. The number of aromatic nitrogens is 5. The molecule has 4 aromatic rings. The third-order valence-corrected chi connectivity index (χ3v) is 5.84. The summed E-state index contributed by atoms with van der Waals surface area (Å²) in [5.41, 5.74) is 5.47. The number of amides is 1. The van der Waals surface area contributed by atoms with Crippen molar-refractivity contribution in [2.75, 3.05) is 5.32 Å². The van der Waals surface area contributed by atoms with Crippen molar-refractivity contribution < 1.29 is 9.53 Å². The molecule has 0 saturated carbocycles. The molecule has 2 aromatic carbocycles. The van der Waals surface area contributed by atoms with Crippen LogP contribution in [0.4, 0.5) is 5.82 Å². The Hall–Kier alpha value is -4.07. The van der Waals surface area contributed by atoms with Crippen LogP contribution in [0.2, 0.25) is 0 Å². The topological polar surface area (TPSA) is 94.8 Å². The number of fused-ring (bicyclic) bond motifs is 1. The Kier molecular flexibility index (Phi) is 5.57. The molecule has 1 aliphatic rings. The minimum Gasteiger partial charge on any atom is -0.491 e. The molecule has 1 amide bonds. The molecule has 0 fully saturated rings. The van der Waals surface area contributed by atoms with E-state index in [9.17, 15) is 4.79 Å². The van der Waals surface area contributed by atoms with Crippen LogP contribution in [0.5, 0.6) is 5.75 Å². The SMILES string of the molecule is Cc1ccc(-c2cnnc(-n3nc(C)c4c3NC(=O)C[C@@H]4c3ccccc3OC(C)C)n2)cc1. The minimum atomic E-state index is -0.194. The van der Waals surface area contributed by atoms with Gasteiger partial charge in [0.1, 0.15) is 11.6 Å². The first kappa shape index (κ1) is 21.8. The average Bonchev–Trinajstić information content (AvgIpc) is 3.15. The molecule has 0 saturated heterocycles. The average molecular weight is 455 g/mol. The van der Waals surface area contributed by atoms with E-state index in [0.29, 0.717) is 23.9 Å². The van der Waals surface area contributed by atoms with Gasteiger partial charge in [-0.2, -0.15) is 14.9 Å². The first-order chi connectivity index (χ1) is 16.4. The smallest absolute Gasteiger partial charge is 0.272 e. The molecule has 1 aliphatic heterocycles. The van der Waals surface area contributed by atoms with Gasteiger partial charge in [0.15, 0.2) is 0 Å². The van der Waals surface area contributed by atoms with Gasteiger partial charge in [0.05, 0.1) is 23.7 Å². The van der Waals surface area contributed by atoms with Gasteiger partial charge in [-0.25, -0.2) is 4.98 Å². The monoisotopic (exact) mass is 454 g/mol. The Morgan fingerprint density at radius 1 is 1.09 bits per heavy atom. The number of aryl methyl sites for hydroxylation is 2. The molecule has 172 valence electrons. The van der Waals surface area contributed by atoms with Crippen LogP contribution in [0.1, 0.15) is 48.6 Å². The third-order valence-electron chi connectivity index (χ3n) is 5.84. The Morgan fingerprint density at radius 2 is 1.85 bits per heavy atom. The number of para-hydroxylation sites is 1. The van der Waals surface area contributed by atoms with E-state index in [1.165, 1.54) is 5.56 Å². The number of carbonyl (C=O) groups excluding carboxylic acids is 1. The van der Waals surface area contributed by atoms with Gasteiger partial charge in [0.25, 0.3) is 5.95 Å². The lowest BCUT2D eigenvalue weighted by atomic mass is 9.85. The van der Waals surface area contributed by atoms with Gasteiger partial charge in [-0.15, -0.1) is 5.10 Å². The molecule has 0 unspecified atom stereocenters. The third kappa shape index (κ3) is 4.03. The van der Waals surface area contributed by atoms with E-state index in [-0.39, 0.29) is 17.9 Å². The van der Waals surface area contributed by atoms with Crippen molar-refractivity contribution in [2.45, 2.75) is 46.1 Å². The summed E-state index contributed by atoms with van der Waals surface area (Å²) in [6.45, 7) is 7.95. The lowest BCUT2D eigenvalue weighted by molar-refractivity contribution is -0.116. The van der Waals surface area contributed by atoms with E-state index in [4.69, 9.17) is 14.8 Å². The molecule has 8 heteroatoms. The number of anilines is 1. The standard InChI is InChI=1S/C26H26N6O2/c1-15(2)34-22-8-6-5-7-19(22)20-13-23(33)29-25-24(20)17(4)31-32(25)26-28-21(14-27-30-26)18-11-9-16(3)10-12-18/h5-12,14-15,20H,13H2,1-4H3,(H,29,33)/t20-/m1/s1. The minimum absolute atomic E-state index is 0.0193. The number of rotatable bonds is 5. The van der Waals surface area contributed by atoms with E-state index >= 15 is 0 Å². The van der Waals surface area contributed by atoms with E-state index in [2.05, 4.69) is 15.5 Å². The summed E-state index contributed by atoms with van der Waals surface area (Å²) in [7, 11) is 0. The van der Waals surface area contributed by atoms with Crippen LogP contribution in [0, 0.1) is 13.8 Å². The van der Waals surface area contributed by atoms with Crippen molar-refractivity contribution in [3.63, 3.8) is 0 Å². The summed E-state index contributed by atoms with van der Waals surface area (Å²) in [6.07, 6.45) is 1.95. The highest BCUT2D eigenvalue weighted by molar-refractivity contribution is 5.95. The predicted molar refractivity (Wildman–Crippen MR) is 129 cm³/mol. The van der Waals surface area contributed by atoms with Gasteiger partial charge < -0.3 is 10.1 Å². The summed E-state index contributed by atoms with van der Waals surface area (Å²) in [5.74, 6) is 1.35. The summed E-state index contributed by atoms with van der Waals surface area (Å²) < 4.78 is 7.63. The second-order valence-corrected chi connectivity index (χ2v) is 8.78. The van der Waals surface area contributed by atoms with Crippen LogP contribution in [0.3, 0.4) is 0 Å². The van der Waals surface area contributed by atoms with E-state index in [1.807, 2.05) is 76.2 Å². The molecule has 8 nitrogen and oxygen atoms in total. The molecule has 5 rings (SSSR count). The first-order valence-corrected chi connectivity index (χ1v) is 11.3. The van der Waals surface area contributed by atoms with E-state index in [1.54, 1.807) is 10.9 Å². The molecule has 34 heavy (non-hydrogen) atoms. The fraction of sp³-hybridized carbons (Fsp3) is 0.269. The molecule has 1 atom stereocenters. The number of nitrogens with zero attached hydrogens (tertiary/aromatic N) is 5. The van der Waals surface area contributed by atoms with Crippen LogP contribution >= 0.6 is 0 Å². The maximum atomic E-state index is 12.8. The largest absolute Gasteiger partial charge is 0.491 e.